The number of piperazine rings is 1. The van der Waals surface area contributed by atoms with E-state index in [1.807, 2.05) is 18.2 Å². The molecule has 0 unspecified atom stereocenters. The fraction of sp³-hybridized carbons (Fsp3) is 0.435. The van der Waals surface area contributed by atoms with Gasteiger partial charge in [-0.05, 0) is 42.5 Å². The standard InChI is InChI=1S/C23H26FN3O4/c24-16-3-1-15(2-4-16)23(29)25-22-19-11-17(5-6-21(19)31-14-20(22)28)26-7-9-27(10-8-26)18-12-30-13-18/h1-6,11,18,20,22,28H,7-10,12-14H2,(H,25,29)/t20-,22-/m0/s1. The van der Waals surface area contributed by atoms with Gasteiger partial charge in [0.15, 0.2) is 0 Å². The van der Waals surface area contributed by atoms with Crippen LogP contribution in [-0.4, -0.2) is 74.1 Å². The highest BCUT2D eigenvalue weighted by Crippen LogP contribution is 2.36. The lowest BCUT2D eigenvalue weighted by molar-refractivity contribution is -0.0660. The summed E-state index contributed by atoms with van der Waals surface area (Å²) in [5, 5.41) is 13.5. The van der Waals surface area contributed by atoms with Gasteiger partial charge in [0.1, 0.15) is 24.3 Å². The molecule has 0 saturated carbocycles. The zero-order chi connectivity index (χ0) is 21.4. The number of hydrogen-bond donors (Lipinski definition) is 2. The highest BCUT2D eigenvalue weighted by atomic mass is 19.1. The van der Waals surface area contributed by atoms with Crippen molar-refractivity contribution in [2.24, 2.45) is 0 Å². The fourth-order valence-corrected chi connectivity index (χ4v) is 4.36. The summed E-state index contributed by atoms with van der Waals surface area (Å²) in [6.45, 7) is 5.52. The van der Waals surface area contributed by atoms with Crippen LogP contribution in [0.5, 0.6) is 5.75 Å². The molecule has 31 heavy (non-hydrogen) atoms. The summed E-state index contributed by atoms with van der Waals surface area (Å²) in [5.74, 6) is -0.107. The number of rotatable bonds is 4. The van der Waals surface area contributed by atoms with Gasteiger partial charge in [-0.3, -0.25) is 9.69 Å². The number of aliphatic hydroxyl groups is 1. The van der Waals surface area contributed by atoms with Crippen molar-refractivity contribution in [1.82, 2.24) is 10.2 Å². The van der Waals surface area contributed by atoms with Gasteiger partial charge in [0.2, 0.25) is 0 Å². The van der Waals surface area contributed by atoms with E-state index in [1.165, 1.54) is 24.3 Å². The van der Waals surface area contributed by atoms with Crippen molar-refractivity contribution in [1.29, 1.82) is 0 Å². The van der Waals surface area contributed by atoms with E-state index >= 15 is 0 Å². The molecule has 2 aromatic carbocycles. The van der Waals surface area contributed by atoms with Crippen LogP contribution in [0, 0.1) is 5.82 Å². The van der Waals surface area contributed by atoms with Crippen molar-refractivity contribution in [2.45, 2.75) is 18.2 Å². The van der Waals surface area contributed by atoms with Crippen LogP contribution in [-0.2, 0) is 4.74 Å². The van der Waals surface area contributed by atoms with Gasteiger partial charge in [-0.1, -0.05) is 0 Å². The molecule has 3 heterocycles. The zero-order valence-corrected chi connectivity index (χ0v) is 17.2. The lowest BCUT2D eigenvalue weighted by Gasteiger charge is -2.43. The number of hydrogen-bond acceptors (Lipinski definition) is 6. The van der Waals surface area contributed by atoms with Crippen molar-refractivity contribution < 1.29 is 23.8 Å². The van der Waals surface area contributed by atoms with Crippen molar-refractivity contribution in [3.63, 3.8) is 0 Å². The van der Waals surface area contributed by atoms with Gasteiger partial charge in [0.25, 0.3) is 5.91 Å². The number of fused-ring (bicyclic) bond motifs is 1. The fourth-order valence-electron chi connectivity index (χ4n) is 4.36. The lowest BCUT2D eigenvalue weighted by Crippen LogP contribution is -2.56. The second kappa shape index (κ2) is 8.45. The monoisotopic (exact) mass is 427 g/mol. The number of benzene rings is 2. The second-order valence-electron chi connectivity index (χ2n) is 8.27. The van der Waals surface area contributed by atoms with Crippen molar-refractivity contribution in [2.75, 3.05) is 50.9 Å². The summed E-state index contributed by atoms with van der Waals surface area (Å²) in [6.07, 6.45) is -0.873. The van der Waals surface area contributed by atoms with E-state index in [1.54, 1.807) is 0 Å². The number of ether oxygens (including phenoxy) is 2. The van der Waals surface area contributed by atoms with E-state index in [0.29, 0.717) is 17.4 Å². The van der Waals surface area contributed by atoms with E-state index in [4.69, 9.17) is 9.47 Å². The van der Waals surface area contributed by atoms with Crippen molar-refractivity contribution in [3.05, 3.63) is 59.4 Å². The maximum Gasteiger partial charge on any atom is 0.251 e. The third-order valence-corrected chi connectivity index (χ3v) is 6.33. The van der Waals surface area contributed by atoms with E-state index < -0.39 is 18.0 Å². The molecule has 2 atom stereocenters. The Labute approximate surface area is 180 Å². The number of halogens is 1. The molecule has 0 aliphatic carbocycles. The van der Waals surface area contributed by atoms with E-state index in [0.717, 1.165) is 50.6 Å². The Morgan fingerprint density at radius 2 is 1.77 bits per heavy atom. The third-order valence-electron chi connectivity index (χ3n) is 6.33. The molecule has 0 bridgehead atoms. The second-order valence-corrected chi connectivity index (χ2v) is 8.27. The largest absolute Gasteiger partial charge is 0.490 e. The Hall–Kier alpha value is -2.68. The number of carbonyl (C=O) groups is 1. The Morgan fingerprint density at radius 3 is 2.45 bits per heavy atom. The first-order valence-electron chi connectivity index (χ1n) is 10.7. The molecule has 0 spiro atoms. The normalized spacial score (nSPS) is 24.1. The minimum Gasteiger partial charge on any atom is -0.490 e. The molecule has 8 heteroatoms. The molecule has 2 saturated heterocycles. The molecule has 3 aliphatic heterocycles. The average molecular weight is 427 g/mol. The van der Waals surface area contributed by atoms with E-state index in [9.17, 15) is 14.3 Å². The van der Waals surface area contributed by atoms with Crippen molar-refractivity contribution >= 4 is 11.6 Å². The Balaban J connectivity index is 1.33. The Kier molecular flexibility index (Phi) is 5.52. The highest BCUT2D eigenvalue weighted by Gasteiger charge is 2.33. The van der Waals surface area contributed by atoms with E-state index in [-0.39, 0.29) is 12.5 Å². The van der Waals surface area contributed by atoms with Gasteiger partial charge in [0, 0.05) is 43.0 Å². The predicted molar refractivity (Wildman–Crippen MR) is 113 cm³/mol. The highest BCUT2D eigenvalue weighted by molar-refractivity contribution is 5.94. The summed E-state index contributed by atoms with van der Waals surface area (Å²) in [4.78, 5) is 17.5. The van der Waals surface area contributed by atoms with Gasteiger partial charge in [-0.2, -0.15) is 0 Å². The molecule has 2 fully saturated rings. The van der Waals surface area contributed by atoms with Crippen LogP contribution in [0.1, 0.15) is 22.0 Å². The van der Waals surface area contributed by atoms with Gasteiger partial charge >= 0.3 is 0 Å². The van der Waals surface area contributed by atoms with Gasteiger partial charge < -0.3 is 24.8 Å². The van der Waals surface area contributed by atoms with E-state index in [2.05, 4.69) is 15.1 Å². The molecular formula is C23H26FN3O4. The third kappa shape index (κ3) is 4.11. The van der Waals surface area contributed by atoms with Gasteiger partial charge in [0.05, 0.1) is 25.3 Å². The summed E-state index contributed by atoms with van der Waals surface area (Å²) >= 11 is 0. The molecule has 7 nitrogen and oxygen atoms in total. The first kappa shape index (κ1) is 20.2. The molecule has 164 valence electrons. The summed E-state index contributed by atoms with van der Waals surface area (Å²) in [6, 6.07) is 11.2. The molecule has 2 N–H and O–H groups in total. The number of nitrogens with zero attached hydrogens (tertiary/aromatic N) is 2. The maximum absolute atomic E-state index is 13.2. The molecule has 2 aromatic rings. The van der Waals surface area contributed by atoms with Crippen LogP contribution in [0.3, 0.4) is 0 Å². The topological polar surface area (TPSA) is 74.3 Å². The zero-order valence-electron chi connectivity index (χ0n) is 17.2. The molecule has 5 rings (SSSR count). The van der Waals surface area contributed by atoms with Crippen LogP contribution < -0.4 is 15.0 Å². The predicted octanol–water partition coefficient (Wildman–Crippen LogP) is 1.57. The Morgan fingerprint density at radius 1 is 1.03 bits per heavy atom. The quantitative estimate of drug-likeness (QED) is 0.772. The van der Waals surface area contributed by atoms with Crippen LogP contribution >= 0.6 is 0 Å². The van der Waals surface area contributed by atoms with Crippen LogP contribution in [0.2, 0.25) is 0 Å². The number of anilines is 1. The summed E-state index contributed by atoms with van der Waals surface area (Å²) < 4.78 is 24.2. The van der Waals surface area contributed by atoms with Crippen LogP contribution in [0.25, 0.3) is 0 Å². The minimum atomic E-state index is -0.873. The molecule has 3 aliphatic rings. The molecule has 0 aromatic heterocycles. The summed E-state index contributed by atoms with van der Waals surface area (Å²) in [7, 11) is 0. The van der Waals surface area contributed by atoms with Crippen LogP contribution in [0.4, 0.5) is 10.1 Å². The van der Waals surface area contributed by atoms with Gasteiger partial charge in [-0.25, -0.2) is 4.39 Å². The number of amides is 1. The maximum atomic E-state index is 13.2. The number of carbonyl (C=O) groups excluding carboxylic acids is 1. The number of aliphatic hydroxyl groups excluding tert-OH is 1. The van der Waals surface area contributed by atoms with Gasteiger partial charge in [-0.15, -0.1) is 0 Å². The van der Waals surface area contributed by atoms with Crippen LogP contribution in [0.15, 0.2) is 42.5 Å². The SMILES string of the molecule is O=C(N[C@H]1c2cc(N3CCN(C4COC4)CC3)ccc2OC[C@@H]1O)c1ccc(F)cc1. The smallest absolute Gasteiger partial charge is 0.251 e. The summed E-state index contributed by atoms with van der Waals surface area (Å²) in [5.41, 5.74) is 2.14. The molecule has 1 amide bonds. The first-order valence-corrected chi connectivity index (χ1v) is 10.7. The average Bonchev–Trinajstić information content (AvgIpc) is 2.75. The number of nitrogens with one attached hydrogen (secondary N) is 1. The minimum absolute atomic E-state index is 0.100. The Bertz CT molecular complexity index is 942. The molecular weight excluding hydrogens is 401 g/mol. The molecule has 0 radical (unpaired) electrons. The first-order chi connectivity index (χ1) is 15.1. The lowest BCUT2D eigenvalue weighted by atomic mass is 9.96. The van der Waals surface area contributed by atoms with Crippen molar-refractivity contribution in [3.8, 4) is 5.75 Å².